The second kappa shape index (κ2) is 8.13. The van der Waals surface area contributed by atoms with Crippen LogP contribution in [0.2, 0.25) is 0 Å². The third-order valence-electron chi connectivity index (χ3n) is 4.84. The summed E-state index contributed by atoms with van der Waals surface area (Å²) in [5.41, 5.74) is 2.35. The molecule has 0 aromatic heterocycles. The average Bonchev–Trinajstić information content (AvgIpc) is 2.67. The van der Waals surface area contributed by atoms with E-state index in [-0.39, 0.29) is 23.3 Å². The topological polar surface area (TPSA) is 49.4 Å². The van der Waals surface area contributed by atoms with Crippen molar-refractivity contribution >= 4 is 11.8 Å². The van der Waals surface area contributed by atoms with Crippen molar-refractivity contribution in [2.45, 2.75) is 26.3 Å². The molecule has 1 fully saturated rings. The lowest BCUT2D eigenvalue weighted by atomic mass is 9.95. The summed E-state index contributed by atoms with van der Waals surface area (Å²) in [5, 5.41) is 2.97. The lowest BCUT2D eigenvalue weighted by Gasteiger charge is -2.31. The minimum Gasteiger partial charge on any atom is -0.352 e. The number of amides is 2. The lowest BCUT2D eigenvalue weighted by molar-refractivity contribution is -0.126. The van der Waals surface area contributed by atoms with Gasteiger partial charge in [0, 0.05) is 25.6 Å². The van der Waals surface area contributed by atoms with Crippen LogP contribution in [0.4, 0.5) is 4.39 Å². The van der Waals surface area contributed by atoms with Crippen LogP contribution in [0.15, 0.2) is 48.5 Å². The Kier molecular flexibility index (Phi) is 5.66. The maximum Gasteiger partial charge on any atom is 0.256 e. The maximum atomic E-state index is 13.8. The summed E-state index contributed by atoms with van der Waals surface area (Å²) in [6.07, 6.45) is 1.19. The highest BCUT2D eigenvalue weighted by Crippen LogP contribution is 2.20. The third-order valence-corrected chi connectivity index (χ3v) is 4.84. The molecule has 0 bridgehead atoms. The molecule has 2 aromatic rings. The van der Waals surface area contributed by atoms with Crippen molar-refractivity contribution in [2.75, 3.05) is 13.1 Å². The molecule has 0 spiro atoms. The van der Waals surface area contributed by atoms with E-state index in [0.29, 0.717) is 32.5 Å². The number of halogens is 1. The Morgan fingerprint density at radius 2 is 1.73 bits per heavy atom. The van der Waals surface area contributed by atoms with Gasteiger partial charge >= 0.3 is 0 Å². The Labute approximate surface area is 153 Å². The van der Waals surface area contributed by atoms with Gasteiger partial charge in [-0.25, -0.2) is 4.39 Å². The molecule has 2 aromatic carbocycles. The van der Waals surface area contributed by atoms with Gasteiger partial charge in [0.2, 0.25) is 5.91 Å². The van der Waals surface area contributed by atoms with Crippen LogP contribution in [0.3, 0.4) is 0 Å². The van der Waals surface area contributed by atoms with E-state index in [0.717, 1.165) is 5.56 Å². The summed E-state index contributed by atoms with van der Waals surface area (Å²) in [7, 11) is 0. The number of carbonyl (C=O) groups is 2. The number of carbonyl (C=O) groups excluding carboxylic acids is 2. The molecule has 0 radical (unpaired) electrons. The minimum atomic E-state index is -0.504. The van der Waals surface area contributed by atoms with E-state index < -0.39 is 5.82 Å². The first kappa shape index (κ1) is 18.1. The number of piperidine rings is 1. The van der Waals surface area contributed by atoms with E-state index in [1.54, 1.807) is 17.0 Å². The summed E-state index contributed by atoms with van der Waals surface area (Å²) >= 11 is 0. The number of hydrogen-bond donors (Lipinski definition) is 1. The van der Waals surface area contributed by atoms with Crippen LogP contribution in [0, 0.1) is 18.7 Å². The molecule has 2 amide bonds. The summed E-state index contributed by atoms with van der Waals surface area (Å²) in [5.74, 6) is -0.897. The van der Waals surface area contributed by atoms with Crippen LogP contribution < -0.4 is 5.32 Å². The fourth-order valence-electron chi connectivity index (χ4n) is 3.19. The summed E-state index contributed by atoms with van der Waals surface area (Å²) in [6, 6.07) is 14.1. The number of nitrogens with zero attached hydrogens (tertiary/aromatic N) is 1. The van der Waals surface area contributed by atoms with Gasteiger partial charge in [-0.1, -0.05) is 42.0 Å². The van der Waals surface area contributed by atoms with Gasteiger partial charge in [0.25, 0.3) is 5.91 Å². The van der Waals surface area contributed by atoms with E-state index in [9.17, 15) is 14.0 Å². The van der Waals surface area contributed by atoms with Crippen LogP contribution >= 0.6 is 0 Å². The molecular formula is C21H23FN2O2. The zero-order valence-corrected chi connectivity index (χ0v) is 14.9. The van der Waals surface area contributed by atoms with Crippen LogP contribution in [0.25, 0.3) is 0 Å². The second-order valence-corrected chi connectivity index (χ2v) is 6.75. The zero-order valence-electron chi connectivity index (χ0n) is 14.9. The highest BCUT2D eigenvalue weighted by Gasteiger charge is 2.28. The van der Waals surface area contributed by atoms with Crippen molar-refractivity contribution < 1.29 is 14.0 Å². The highest BCUT2D eigenvalue weighted by molar-refractivity contribution is 5.94. The van der Waals surface area contributed by atoms with Gasteiger partial charge in [-0.05, 0) is 37.5 Å². The zero-order chi connectivity index (χ0) is 18.5. The Bertz CT molecular complexity index is 781. The minimum absolute atomic E-state index is 0.0172. The monoisotopic (exact) mass is 354 g/mol. The van der Waals surface area contributed by atoms with Gasteiger partial charge in [-0.3, -0.25) is 9.59 Å². The number of nitrogens with one attached hydrogen (secondary N) is 1. The van der Waals surface area contributed by atoms with Crippen molar-refractivity contribution in [2.24, 2.45) is 5.92 Å². The molecule has 0 aliphatic carbocycles. The molecular weight excluding hydrogens is 331 g/mol. The lowest BCUT2D eigenvalue weighted by Crippen LogP contribution is -2.43. The standard InChI is InChI=1S/C21H23FN2O2/c1-15-6-8-16(9-7-15)14-23-20(25)17-10-12-24(13-11-17)21(26)18-4-2-3-5-19(18)22/h2-9,17H,10-14H2,1H3,(H,23,25). The Hall–Kier alpha value is -2.69. The molecule has 1 aliphatic rings. The molecule has 1 aliphatic heterocycles. The first-order valence-corrected chi connectivity index (χ1v) is 8.91. The first-order chi connectivity index (χ1) is 12.5. The molecule has 1 heterocycles. The molecule has 26 heavy (non-hydrogen) atoms. The molecule has 0 unspecified atom stereocenters. The molecule has 1 saturated heterocycles. The number of rotatable bonds is 4. The second-order valence-electron chi connectivity index (χ2n) is 6.75. The van der Waals surface area contributed by atoms with E-state index in [1.165, 1.54) is 17.7 Å². The molecule has 3 rings (SSSR count). The Morgan fingerprint density at radius 1 is 1.08 bits per heavy atom. The number of aryl methyl sites for hydroxylation is 1. The predicted molar refractivity (Wildman–Crippen MR) is 98.1 cm³/mol. The molecule has 0 saturated carbocycles. The largest absolute Gasteiger partial charge is 0.352 e. The Balaban J connectivity index is 1.50. The fourth-order valence-corrected chi connectivity index (χ4v) is 3.19. The van der Waals surface area contributed by atoms with Crippen molar-refractivity contribution in [1.82, 2.24) is 10.2 Å². The third kappa shape index (κ3) is 4.28. The van der Waals surface area contributed by atoms with Crippen molar-refractivity contribution in [3.63, 3.8) is 0 Å². The van der Waals surface area contributed by atoms with Gasteiger partial charge in [0.05, 0.1) is 5.56 Å². The van der Waals surface area contributed by atoms with Crippen molar-refractivity contribution in [3.05, 3.63) is 71.0 Å². The SMILES string of the molecule is Cc1ccc(CNC(=O)C2CCN(C(=O)c3ccccc3F)CC2)cc1. The van der Waals surface area contributed by atoms with Gasteiger partial charge < -0.3 is 10.2 Å². The number of benzene rings is 2. The van der Waals surface area contributed by atoms with Crippen molar-refractivity contribution in [3.8, 4) is 0 Å². The van der Waals surface area contributed by atoms with E-state index in [1.807, 2.05) is 31.2 Å². The quantitative estimate of drug-likeness (QED) is 0.916. The van der Waals surface area contributed by atoms with Crippen LogP contribution in [-0.2, 0) is 11.3 Å². The molecule has 4 nitrogen and oxygen atoms in total. The number of likely N-dealkylation sites (tertiary alicyclic amines) is 1. The van der Waals surface area contributed by atoms with Crippen molar-refractivity contribution in [1.29, 1.82) is 0 Å². The van der Waals surface area contributed by atoms with E-state index >= 15 is 0 Å². The highest BCUT2D eigenvalue weighted by atomic mass is 19.1. The van der Waals surface area contributed by atoms with Crippen LogP contribution in [-0.4, -0.2) is 29.8 Å². The van der Waals surface area contributed by atoms with Crippen LogP contribution in [0.1, 0.15) is 34.3 Å². The maximum absolute atomic E-state index is 13.8. The predicted octanol–water partition coefficient (Wildman–Crippen LogP) is 3.30. The smallest absolute Gasteiger partial charge is 0.256 e. The fraction of sp³-hybridized carbons (Fsp3) is 0.333. The Morgan fingerprint density at radius 3 is 2.38 bits per heavy atom. The van der Waals surface area contributed by atoms with Gasteiger partial charge in [-0.15, -0.1) is 0 Å². The normalized spacial score (nSPS) is 14.9. The summed E-state index contributed by atoms with van der Waals surface area (Å²) < 4.78 is 13.8. The van der Waals surface area contributed by atoms with Crippen LogP contribution in [0.5, 0.6) is 0 Å². The number of hydrogen-bond acceptors (Lipinski definition) is 2. The van der Waals surface area contributed by atoms with Gasteiger partial charge in [0.15, 0.2) is 0 Å². The average molecular weight is 354 g/mol. The summed E-state index contributed by atoms with van der Waals surface area (Å²) in [4.78, 5) is 26.4. The molecule has 1 N–H and O–H groups in total. The molecule has 0 atom stereocenters. The van der Waals surface area contributed by atoms with E-state index in [4.69, 9.17) is 0 Å². The molecule has 136 valence electrons. The van der Waals surface area contributed by atoms with Gasteiger partial charge in [0.1, 0.15) is 5.82 Å². The summed E-state index contributed by atoms with van der Waals surface area (Å²) in [6.45, 7) is 3.47. The molecule has 5 heteroatoms. The van der Waals surface area contributed by atoms with E-state index in [2.05, 4.69) is 5.32 Å². The first-order valence-electron chi connectivity index (χ1n) is 8.91. The van der Waals surface area contributed by atoms with Gasteiger partial charge in [-0.2, -0.15) is 0 Å².